The third-order valence-corrected chi connectivity index (χ3v) is 2.60. The highest BCUT2D eigenvalue weighted by Gasteiger charge is 2.39. The monoisotopic (exact) mass is 266 g/mol. The molecule has 0 aliphatic heterocycles. The van der Waals surface area contributed by atoms with Crippen LogP contribution in [0.3, 0.4) is 0 Å². The molecule has 0 fully saturated rings. The molecule has 1 unspecified atom stereocenters. The molecule has 1 rings (SSSR count). The summed E-state index contributed by atoms with van der Waals surface area (Å²) in [6.45, 7) is 1.77. The van der Waals surface area contributed by atoms with Crippen LogP contribution in [0, 0.1) is 0 Å². The van der Waals surface area contributed by atoms with Crippen LogP contribution < -0.4 is 5.32 Å². The Bertz CT molecular complexity index is 378. The zero-order chi connectivity index (χ0) is 13.8. The van der Waals surface area contributed by atoms with Crippen molar-refractivity contribution in [2.75, 3.05) is 20.8 Å². The van der Waals surface area contributed by atoms with E-state index in [0.717, 1.165) is 11.6 Å². The van der Waals surface area contributed by atoms with Gasteiger partial charge in [0.1, 0.15) is 6.04 Å². The Kier molecular flexibility index (Phi) is 5.09. The van der Waals surface area contributed by atoms with Gasteiger partial charge in [0.05, 0.1) is 18.0 Å². The van der Waals surface area contributed by atoms with Crippen LogP contribution in [0.5, 0.6) is 0 Å². The number of aromatic nitrogens is 3. The van der Waals surface area contributed by atoms with E-state index in [0.29, 0.717) is 31.0 Å². The SMILES string of the molecule is CNCc1nnn(C(C)C(F)(F)F)c1CCOC. The Morgan fingerprint density at radius 2 is 2.11 bits per heavy atom. The second-order valence-corrected chi connectivity index (χ2v) is 3.92. The molecule has 0 saturated carbocycles. The summed E-state index contributed by atoms with van der Waals surface area (Å²) in [5.41, 5.74) is 0.974. The molecule has 104 valence electrons. The van der Waals surface area contributed by atoms with Gasteiger partial charge < -0.3 is 10.1 Å². The molecule has 0 spiro atoms. The second-order valence-electron chi connectivity index (χ2n) is 3.92. The minimum atomic E-state index is -4.34. The van der Waals surface area contributed by atoms with Crippen LogP contribution in [0.2, 0.25) is 0 Å². The van der Waals surface area contributed by atoms with E-state index in [1.165, 1.54) is 7.11 Å². The van der Waals surface area contributed by atoms with E-state index in [2.05, 4.69) is 15.6 Å². The van der Waals surface area contributed by atoms with Gasteiger partial charge in [0.15, 0.2) is 0 Å². The maximum Gasteiger partial charge on any atom is 0.410 e. The molecule has 18 heavy (non-hydrogen) atoms. The van der Waals surface area contributed by atoms with Crippen LogP contribution in [-0.4, -0.2) is 41.9 Å². The highest BCUT2D eigenvalue weighted by atomic mass is 19.4. The lowest BCUT2D eigenvalue weighted by atomic mass is 10.2. The van der Waals surface area contributed by atoms with Crippen LogP contribution in [-0.2, 0) is 17.7 Å². The Hall–Kier alpha value is -1.15. The summed E-state index contributed by atoms with van der Waals surface area (Å²) in [4.78, 5) is 0. The van der Waals surface area contributed by atoms with Gasteiger partial charge >= 0.3 is 6.18 Å². The van der Waals surface area contributed by atoms with Crippen LogP contribution in [0.1, 0.15) is 24.4 Å². The molecule has 1 N–H and O–H groups in total. The standard InChI is InChI=1S/C10H17F3N4O/c1-7(10(11,12)13)17-9(4-5-18-3)8(6-14-2)15-16-17/h7,14H,4-6H2,1-3H3. The number of nitrogens with zero attached hydrogens (tertiary/aromatic N) is 3. The summed E-state index contributed by atoms with van der Waals surface area (Å²) >= 11 is 0. The molecule has 0 saturated heterocycles. The molecule has 0 amide bonds. The molecule has 8 heteroatoms. The van der Waals surface area contributed by atoms with Gasteiger partial charge in [-0.1, -0.05) is 5.21 Å². The van der Waals surface area contributed by atoms with E-state index in [-0.39, 0.29) is 0 Å². The largest absolute Gasteiger partial charge is 0.410 e. The lowest BCUT2D eigenvalue weighted by molar-refractivity contribution is -0.166. The summed E-state index contributed by atoms with van der Waals surface area (Å²) < 4.78 is 43.9. The van der Waals surface area contributed by atoms with E-state index in [4.69, 9.17) is 4.74 Å². The fraction of sp³-hybridized carbons (Fsp3) is 0.800. The van der Waals surface area contributed by atoms with Crippen molar-refractivity contribution >= 4 is 0 Å². The maximum absolute atomic E-state index is 12.7. The highest BCUT2D eigenvalue weighted by Crippen LogP contribution is 2.30. The van der Waals surface area contributed by atoms with Crippen molar-refractivity contribution in [2.45, 2.75) is 32.1 Å². The third kappa shape index (κ3) is 3.42. The number of alkyl halides is 3. The first kappa shape index (κ1) is 14.9. The van der Waals surface area contributed by atoms with Gasteiger partial charge in [0.25, 0.3) is 0 Å². The Morgan fingerprint density at radius 1 is 1.44 bits per heavy atom. The molecular weight excluding hydrogens is 249 g/mol. The number of nitrogens with one attached hydrogen (secondary N) is 1. The van der Waals surface area contributed by atoms with Gasteiger partial charge in [-0.2, -0.15) is 13.2 Å². The zero-order valence-electron chi connectivity index (χ0n) is 10.6. The van der Waals surface area contributed by atoms with E-state index >= 15 is 0 Å². The number of ether oxygens (including phenoxy) is 1. The Balaban J connectivity index is 3.03. The maximum atomic E-state index is 12.7. The highest BCUT2D eigenvalue weighted by molar-refractivity contribution is 5.11. The Labute approximate surface area is 103 Å². The van der Waals surface area contributed by atoms with E-state index in [9.17, 15) is 13.2 Å². The average molecular weight is 266 g/mol. The smallest absolute Gasteiger partial charge is 0.384 e. The van der Waals surface area contributed by atoms with Crippen molar-refractivity contribution in [2.24, 2.45) is 0 Å². The van der Waals surface area contributed by atoms with Crippen molar-refractivity contribution in [3.63, 3.8) is 0 Å². The Morgan fingerprint density at radius 3 is 2.61 bits per heavy atom. The molecule has 0 radical (unpaired) electrons. The summed E-state index contributed by atoms with van der Waals surface area (Å²) in [6, 6.07) is -1.69. The van der Waals surface area contributed by atoms with Gasteiger partial charge in [-0.15, -0.1) is 5.10 Å². The zero-order valence-corrected chi connectivity index (χ0v) is 10.6. The van der Waals surface area contributed by atoms with Gasteiger partial charge in [-0.25, -0.2) is 4.68 Å². The molecule has 0 aromatic carbocycles. The van der Waals surface area contributed by atoms with Crippen molar-refractivity contribution in [3.05, 3.63) is 11.4 Å². The first-order chi connectivity index (χ1) is 8.41. The van der Waals surface area contributed by atoms with Gasteiger partial charge in [-0.3, -0.25) is 0 Å². The molecular formula is C10H17F3N4O. The number of hydrogen-bond acceptors (Lipinski definition) is 4. The summed E-state index contributed by atoms with van der Waals surface area (Å²) in [5, 5.41) is 10.2. The van der Waals surface area contributed by atoms with Gasteiger partial charge in [0, 0.05) is 20.1 Å². The summed E-state index contributed by atoms with van der Waals surface area (Å²) in [6.07, 6.45) is -3.99. The fourth-order valence-corrected chi connectivity index (χ4v) is 1.56. The first-order valence-electron chi connectivity index (χ1n) is 5.55. The normalized spacial score (nSPS) is 13.9. The molecule has 0 aliphatic carbocycles. The minimum Gasteiger partial charge on any atom is -0.384 e. The number of hydrogen-bond donors (Lipinski definition) is 1. The lowest BCUT2D eigenvalue weighted by Crippen LogP contribution is -2.27. The molecule has 1 heterocycles. The molecule has 1 aromatic rings. The van der Waals surface area contributed by atoms with Crippen molar-refractivity contribution < 1.29 is 17.9 Å². The number of rotatable bonds is 6. The average Bonchev–Trinajstić information content (AvgIpc) is 2.67. The predicted molar refractivity (Wildman–Crippen MR) is 59.1 cm³/mol. The minimum absolute atomic E-state index is 0.328. The molecule has 1 atom stereocenters. The van der Waals surface area contributed by atoms with E-state index in [1.807, 2.05) is 0 Å². The lowest BCUT2D eigenvalue weighted by Gasteiger charge is -2.18. The number of methoxy groups -OCH3 is 1. The fourth-order valence-electron chi connectivity index (χ4n) is 1.56. The molecule has 0 bridgehead atoms. The molecule has 1 aromatic heterocycles. The summed E-state index contributed by atoms with van der Waals surface area (Å²) in [7, 11) is 3.20. The van der Waals surface area contributed by atoms with E-state index < -0.39 is 12.2 Å². The predicted octanol–water partition coefficient (Wildman–Crippen LogP) is 1.31. The molecule has 0 aliphatic rings. The van der Waals surface area contributed by atoms with Crippen LogP contribution >= 0.6 is 0 Å². The van der Waals surface area contributed by atoms with Crippen molar-refractivity contribution in [3.8, 4) is 0 Å². The topological polar surface area (TPSA) is 52.0 Å². The molecule has 5 nitrogen and oxygen atoms in total. The van der Waals surface area contributed by atoms with Crippen LogP contribution in [0.25, 0.3) is 0 Å². The quantitative estimate of drug-likeness (QED) is 0.843. The van der Waals surface area contributed by atoms with Gasteiger partial charge in [-0.05, 0) is 14.0 Å². The third-order valence-electron chi connectivity index (χ3n) is 2.60. The van der Waals surface area contributed by atoms with E-state index in [1.54, 1.807) is 7.05 Å². The van der Waals surface area contributed by atoms with Crippen LogP contribution in [0.4, 0.5) is 13.2 Å². The van der Waals surface area contributed by atoms with Crippen LogP contribution in [0.15, 0.2) is 0 Å². The summed E-state index contributed by atoms with van der Waals surface area (Å²) in [5.74, 6) is 0. The second kappa shape index (κ2) is 6.14. The van der Waals surface area contributed by atoms with Crippen molar-refractivity contribution in [1.82, 2.24) is 20.3 Å². The first-order valence-corrected chi connectivity index (χ1v) is 5.55. The van der Waals surface area contributed by atoms with Crippen molar-refractivity contribution in [1.29, 1.82) is 0 Å². The van der Waals surface area contributed by atoms with Gasteiger partial charge in [0.2, 0.25) is 0 Å². The number of halogens is 3.